The van der Waals surface area contributed by atoms with Gasteiger partial charge in [0.1, 0.15) is 17.5 Å². The maximum absolute atomic E-state index is 14.6. The summed E-state index contributed by atoms with van der Waals surface area (Å²) in [6.07, 6.45) is 9.54. The number of aryl methyl sites for hydroxylation is 1. The summed E-state index contributed by atoms with van der Waals surface area (Å²) >= 11 is 0. The number of hydrogen-bond acceptors (Lipinski definition) is 10. The fourth-order valence-electron chi connectivity index (χ4n) is 8.15. The summed E-state index contributed by atoms with van der Waals surface area (Å²) in [5, 5.41) is 17.1. The van der Waals surface area contributed by atoms with Crippen LogP contribution < -0.4 is 15.8 Å². The Morgan fingerprint density at radius 1 is 0.781 bits per heavy atom. The fourth-order valence-corrected chi connectivity index (χ4v) is 8.15. The zero-order valence-corrected chi connectivity index (χ0v) is 35.7. The number of benzene rings is 3. The van der Waals surface area contributed by atoms with Crippen LogP contribution in [-0.4, -0.2) is 122 Å². The van der Waals surface area contributed by atoms with Gasteiger partial charge in [0.2, 0.25) is 5.91 Å². The maximum Gasteiger partial charge on any atom is 0.272 e. The second-order valence-electron chi connectivity index (χ2n) is 16.6. The fraction of sp³-hybridized carbons (Fsp3) is 0.292. The molecule has 3 amide bonds. The molecule has 64 heavy (non-hydrogen) atoms. The topological polar surface area (TPSA) is 166 Å². The molecule has 1 saturated carbocycles. The van der Waals surface area contributed by atoms with Crippen molar-refractivity contribution in [2.24, 2.45) is 13.0 Å². The standard InChI is InChI=1S/C24H23FN4O3.C24H25N7O/c25-20-8-5-15(14-21-17-3-1-2-4-18(17)22(30)27-26-21)13-19(20)24(32)29-11-9-28(10-12-29)23(31)16-6-7-16;1-29-7-9-31(10-8-29)23-13-18(5-6-25-23)24(32)28-22-12-20-11-17(3-4-19(20)14-26-22)21-15-27-30(2)16-21/h1-5,8,13,16H,6-7,9-12,14H2,(H,27,30);3-6,11-16H,7-10H2,1-2H3,(H,26,28,32). The molecule has 0 bridgehead atoms. The minimum Gasteiger partial charge on any atom is -0.354 e. The zero-order chi connectivity index (χ0) is 44.3. The van der Waals surface area contributed by atoms with Crippen LogP contribution in [0.2, 0.25) is 0 Å². The smallest absolute Gasteiger partial charge is 0.272 e. The van der Waals surface area contributed by atoms with E-state index in [1.807, 2.05) is 49.8 Å². The average Bonchev–Trinajstić information content (AvgIpc) is 4.09. The van der Waals surface area contributed by atoms with Crippen LogP contribution in [0.5, 0.6) is 0 Å². The lowest BCUT2D eigenvalue weighted by Gasteiger charge is -2.35. The number of carbonyl (C=O) groups excluding carboxylic acids is 3. The van der Waals surface area contributed by atoms with Crippen molar-refractivity contribution in [2.45, 2.75) is 19.3 Å². The van der Waals surface area contributed by atoms with Crippen LogP contribution >= 0.6 is 0 Å². The summed E-state index contributed by atoms with van der Waals surface area (Å²) in [5.74, 6) is 0.534. The minimum absolute atomic E-state index is 0.0122. The lowest BCUT2D eigenvalue weighted by Crippen LogP contribution is -2.51. The number of amides is 3. The van der Waals surface area contributed by atoms with Crippen molar-refractivity contribution in [3.05, 3.63) is 142 Å². The summed E-state index contributed by atoms with van der Waals surface area (Å²) in [4.78, 5) is 67.0. The Morgan fingerprint density at radius 2 is 1.55 bits per heavy atom. The molecule has 0 unspecified atom stereocenters. The van der Waals surface area contributed by atoms with E-state index in [0.29, 0.717) is 55.1 Å². The lowest BCUT2D eigenvalue weighted by molar-refractivity contribution is -0.134. The van der Waals surface area contributed by atoms with E-state index in [-0.39, 0.29) is 34.8 Å². The van der Waals surface area contributed by atoms with Crippen molar-refractivity contribution in [1.29, 1.82) is 0 Å². The number of aromatic nitrogens is 6. The molecular formula is C48H48FN11O4. The first-order chi connectivity index (χ1) is 31.1. The molecule has 16 heteroatoms. The number of piperazine rings is 2. The van der Waals surface area contributed by atoms with Crippen LogP contribution in [-0.2, 0) is 18.3 Å². The van der Waals surface area contributed by atoms with E-state index < -0.39 is 5.82 Å². The monoisotopic (exact) mass is 861 g/mol. The van der Waals surface area contributed by atoms with Crippen LogP contribution in [0.25, 0.3) is 32.7 Å². The maximum atomic E-state index is 14.6. The van der Waals surface area contributed by atoms with Gasteiger partial charge in [0, 0.05) is 112 Å². The van der Waals surface area contributed by atoms with Crippen LogP contribution in [0, 0.1) is 11.7 Å². The Kier molecular flexibility index (Phi) is 11.9. The molecule has 0 radical (unpaired) electrons. The SMILES string of the molecule is CN1CCN(c2cc(C(=O)Nc3cc4cc(-c5cnn(C)c5)ccc4cn3)ccn2)CC1.O=C(c1cc(Cc2n[nH]c(=O)c3ccccc23)ccc1F)N1CCN(C(=O)C2CC2)CC1. The van der Waals surface area contributed by atoms with E-state index in [1.165, 1.54) is 6.07 Å². The van der Waals surface area contributed by atoms with Gasteiger partial charge in [-0.3, -0.25) is 23.9 Å². The van der Waals surface area contributed by atoms with Crippen molar-refractivity contribution < 1.29 is 18.8 Å². The Hall–Kier alpha value is -7.33. The highest BCUT2D eigenvalue weighted by Gasteiger charge is 2.35. The van der Waals surface area contributed by atoms with Crippen LogP contribution in [0.1, 0.15) is 44.8 Å². The normalized spacial score (nSPS) is 15.5. The van der Waals surface area contributed by atoms with Gasteiger partial charge in [-0.1, -0.05) is 36.4 Å². The van der Waals surface area contributed by atoms with Gasteiger partial charge in [-0.05, 0) is 78.9 Å². The molecule has 2 saturated heterocycles. The number of aromatic amines is 1. The van der Waals surface area contributed by atoms with Gasteiger partial charge < -0.3 is 24.9 Å². The first kappa shape index (κ1) is 42.0. The van der Waals surface area contributed by atoms with Crippen molar-refractivity contribution in [3.8, 4) is 11.1 Å². The van der Waals surface area contributed by atoms with Gasteiger partial charge in [-0.2, -0.15) is 10.2 Å². The van der Waals surface area contributed by atoms with Crippen molar-refractivity contribution >= 4 is 50.9 Å². The summed E-state index contributed by atoms with van der Waals surface area (Å²) < 4.78 is 16.3. The van der Waals surface area contributed by atoms with E-state index >= 15 is 0 Å². The molecule has 0 spiro atoms. The number of rotatable bonds is 8. The predicted octanol–water partition coefficient (Wildman–Crippen LogP) is 5.38. The number of fused-ring (bicyclic) bond motifs is 2. The molecule has 6 heterocycles. The molecule has 7 aromatic rings. The first-order valence-electron chi connectivity index (χ1n) is 21.5. The largest absolute Gasteiger partial charge is 0.354 e. The van der Waals surface area contributed by atoms with Crippen molar-refractivity contribution in [1.82, 2.24) is 44.6 Å². The highest BCUT2D eigenvalue weighted by molar-refractivity contribution is 6.05. The Morgan fingerprint density at radius 3 is 2.30 bits per heavy atom. The number of pyridine rings is 2. The second kappa shape index (κ2) is 18.2. The molecule has 1 aliphatic carbocycles. The molecule has 3 aromatic carbocycles. The van der Waals surface area contributed by atoms with Crippen LogP contribution in [0.3, 0.4) is 0 Å². The Labute approximate surface area is 368 Å². The Bertz CT molecular complexity index is 2930. The third-order valence-electron chi connectivity index (χ3n) is 12.0. The lowest BCUT2D eigenvalue weighted by atomic mass is 10.0. The molecule has 4 aromatic heterocycles. The number of anilines is 2. The number of likely N-dealkylation sites (N-methyl/N-ethyl adjacent to an activating group) is 1. The molecule has 10 rings (SSSR count). The highest BCUT2D eigenvalue weighted by Crippen LogP contribution is 2.31. The Balaban J connectivity index is 0.000000162. The summed E-state index contributed by atoms with van der Waals surface area (Å²) in [6, 6.07) is 23.3. The van der Waals surface area contributed by atoms with E-state index in [9.17, 15) is 23.6 Å². The molecule has 326 valence electrons. The number of nitrogens with one attached hydrogen (secondary N) is 2. The van der Waals surface area contributed by atoms with Gasteiger partial charge in [-0.25, -0.2) is 19.5 Å². The van der Waals surface area contributed by atoms with Crippen molar-refractivity contribution in [3.63, 3.8) is 0 Å². The van der Waals surface area contributed by atoms with Gasteiger partial charge in [0.25, 0.3) is 17.4 Å². The number of halogens is 1. The number of H-pyrrole nitrogens is 1. The van der Waals surface area contributed by atoms with E-state index in [0.717, 1.165) is 77.7 Å². The number of hydrogen-bond donors (Lipinski definition) is 2. The zero-order valence-electron chi connectivity index (χ0n) is 35.7. The van der Waals surface area contributed by atoms with Gasteiger partial charge >= 0.3 is 0 Å². The van der Waals surface area contributed by atoms with Crippen LogP contribution in [0.15, 0.2) is 108 Å². The molecule has 3 aliphatic rings. The van der Waals surface area contributed by atoms with E-state index in [1.54, 1.807) is 57.2 Å². The summed E-state index contributed by atoms with van der Waals surface area (Å²) in [6.45, 7) is 5.53. The van der Waals surface area contributed by atoms with E-state index in [2.05, 4.69) is 59.6 Å². The molecular weight excluding hydrogens is 814 g/mol. The van der Waals surface area contributed by atoms with Gasteiger partial charge in [0.05, 0.1) is 22.8 Å². The molecule has 15 nitrogen and oxygen atoms in total. The van der Waals surface area contributed by atoms with E-state index in [4.69, 9.17) is 0 Å². The quantitative estimate of drug-likeness (QED) is 0.203. The number of carbonyl (C=O) groups is 3. The number of nitrogens with zero attached hydrogens (tertiary/aromatic N) is 9. The van der Waals surface area contributed by atoms with Gasteiger partial charge in [0.15, 0.2) is 0 Å². The molecule has 2 N–H and O–H groups in total. The average molecular weight is 862 g/mol. The molecule has 0 atom stereocenters. The third-order valence-corrected chi connectivity index (χ3v) is 12.0. The third kappa shape index (κ3) is 9.37. The molecule has 3 fully saturated rings. The van der Waals surface area contributed by atoms with Crippen LogP contribution in [0.4, 0.5) is 16.0 Å². The minimum atomic E-state index is -0.575. The van der Waals surface area contributed by atoms with Gasteiger partial charge in [-0.15, -0.1) is 0 Å². The predicted molar refractivity (Wildman–Crippen MR) is 243 cm³/mol. The first-order valence-corrected chi connectivity index (χ1v) is 21.5. The second-order valence-corrected chi connectivity index (χ2v) is 16.6. The summed E-state index contributed by atoms with van der Waals surface area (Å²) in [5.41, 5.74) is 3.81. The molecule has 2 aliphatic heterocycles. The summed E-state index contributed by atoms with van der Waals surface area (Å²) in [7, 11) is 4.02. The van der Waals surface area contributed by atoms with Crippen molar-refractivity contribution in [2.75, 3.05) is 69.6 Å². The highest BCUT2D eigenvalue weighted by atomic mass is 19.1.